The van der Waals surface area contributed by atoms with Crippen LogP contribution in [0, 0.1) is 0 Å². The van der Waals surface area contributed by atoms with Crippen LogP contribution in [-0.2, 0) is 9.84 Å². The third kappa shape index (κ3) is 5.19. The van der Waals surface area contributed by atoms with Gasteiger partial charge in [0, 0.05) is 24.1 Å². The molecule has 128 valence electrons. The maximum Gasteiger partial charge on any atom is 0.194 e. The van der Waals surface area contributed by atoms with E-state index < -0.39 is 9.84 Å². The van der Waals surface area contributed by atoms with Gasteiger partial charge in [-0.2, -0.15) is 0 Å². The smallest absolute Gasteiger partial charge is 0.194 e. The molecule has 23 heavy (non-hydrogen) atoms. The van der Waals surface area contributed by atoms with E-state index in [1.54, 1.807) is 24.3 Å². The van der Waals surface area contributed by atoms with E-state index in [1.807, 2.05) is 11.8 Å². The van der Waals surface area contributed by atoms with Gasteiger partial charge in [-0.05, 0) is 37.6 Å². The molecule has 0 aromatic heterocycles. The molecule has 2 N–H and O–H groups in total. The van der Waals surface area contributed by atoms with Gasteiger partial charge in [0.2, 0.25) is 0 Å². The second-order valence-electron chi connectivity index (χ2n) is 5.40. The second-order valence-corrected chi connectivity index (χ2v) is 8.42. The lowest BCUT2D eigenvalue weighted by molar-refractivity contribution is 0.188. The molecular weight excluding hydrogens is 382 g/mol. The molecule has 2 rings (SSSR count). The fourth-order valence-corrected chi connectivity index (χ4v) is 3.77. The first-order valence-electron chi connectivity index (χ1n) is 7.62. The van der Waals surface area contributed by atoms with E-state index in [0.29, 0.717) is 30.4 Å². The molecule has 1 atom stereocenters. The number of nitrogens with zero attached hydrogens (tertiary/aromatic N) is 2. The normalized spacial score (nSPS) is 19.2. The lowest BCUT2D eigenvalue weighted by atomic mass is 10.3. The number of rotatable bonds is 5. The minimum Gasteiger partial charge on any atom is -0.391 e. The summed E-state index contributed by atoms with van der Waals surface area (Å²) in [7, 11) is -3.35. The highest BCUT2D eigenvalue weighted by atomic mass is 79.9. The van der Waals surface area contributed by atoms with Crippen molar-refractivity contribution in [2.24, 2.45) is 4.99 Å². The molecule has 0 radical (unpaired) electrons. The largest absolute Gasteiger partial charge is 0.391 e. The summed E-state index contributed by atoms with van der Waals surface area (Å²) in [5, 5.41) is 12.8. The number of β-amino-alcohol motifs (C(OH)–C–C–N with tert-alkyl or cyclic N) is 1. The fraction of sp³-hybridized carbons (Fsp3) is 0.533. The number of aliphatic hydroxyl groups is 1. The van der Waals surface area contributed by atoms with Crippen LogP contribution in [0.4, 0.5) is 0 Å². The van der Waals surface area contributed by atoms with Gasteiger partial charge < -0.3 is 15.3 Å². The van der Waals surface area contributed by atoms with Crippen molar-refractivity contribution in [1.29, 1.82) is 0 Å². The maximum absolute atomic E-state index is 12.3. The molecule has 6 nitrogen and oxygen atoms in total. The van der Waals surface area contributed by atoms with E-state index >= 15 is 0 Å². The van der Waals surface area contributed by atoms with Gasteiger partial charge in [-0.1, -0.05) is 15.9 Å². The predicted molar refractivity (Wildman–Crippen MR) is 94.4 cm³/mol. The van der Waals surface area contributed by atoms with Crippen molar-refractivity contribution >= 4 is 31.7 Å². The van der Waals surface area contributed by atoms with Crippen LogP contribution in [0.15, 0.2) is 38.6 Å². The monoisotopic (exact) mass is 403 g/mol. The van der Waals surface area contributed by atoms with Gasteiger partial charge in [-0.15, -0.1) is 0 Å². The Hall–Kier alpha value is -1.12. The van der Waals surface area contributed by atoms with Crippen LogP contribution >= 0.6 is 15.9 Å². The summed E-state index contributed by atoms with van der Waals surface area (Å²) in [6.45, 7) is 4.11. The number of sulfone groups is 1. The van der Waals surface area contributed by atoms with Crippen molar-refractivity contribution in [3.05, 3.63) is 28.7 Å². The molecule has 0 aliphatic carbocycles. The van der Waals surface area contributed by atoms with Crippen molar-refractivity contribution in [2.75, 3.05) is 31.9 Å². The predicted octanol–water partition coefficient (Wildman–Crippen LogP) is 1.25. The van der Waals surface area contributed by atoms with Gasteiger partial charge in [-0.25, -0.2) is 8.42 Å². The summed E-state index contributed by atoms with van der Waals surface area (Å²) < 4.78 is 25.4. The van der Waals surface area contributed by atoms with Crippen LogP contribution < -0.4 is 5.32 Å². The van der Waals surface area contributed by atoms with Crippen molar-refractivity contribution in [3.63, 3.8) is 0 Å². The molecule has 1 fully saturated rings. The van der Waals surface area contributed by atoms with E-state index in [4.69, 9.17) is 0 Å². The molecule has 1 aliphatic rings. The molecule has 8 heteroatoms. The number of aliphatic hydroxyl groups excluding tert-OH is 1. The van der Waals surface area contributed by atoms with Gasteiger partial charge in [0.1, 0.15) is 0 Å². The summed E-state index contributed by atoms with van der Waals surface area (Å²) in [4.78, 5) is 6.65. The van der Waals surface area contributed by atoms with E-state index in [0.717, 1.165) is 11.0 Å². The van der Waals surface area contributed by atoms with Crippen molar-refractivity contribution in [2.45, 2.75) is 24.3 Å². The SMILES string of the molecule is CCNC(=NCCS(=O)(=O)c1ccc(Br)cc1)N1CC[C@@H](O)C1. The summed E-state index contributed by atoms with van der Waals surface area (Å²) in [6.07, 6.45) is 0.368. The van der Waals surface area contributed by atoms with Gasteiger partial charge in [0.15, 0.2) is 15.8 Å². The number of nitrogens with one attached hydrogen (secondary N) is 1. The van der Waals surface area contributed by atoms with E-state index in [1.165, 1.54) is 0 Å². The molecule has 1 aromatic rings. The third-order valence-electron chi connectivity index (χ3n) is 3.59. The Morgan fingerprint density at radius 2 is 2.13 bits per heavy atom. The number of guanidine groups is 1. The van der Waals surface area contributed by atoms with Crippen molar-refractivity contribution < 1.29 is 13.5 Å². The number of hydrogen-bond donors (Lipinski definition) is 2. The molecular formula is C15H22BrN3O3S. The first-order valence-corrected chi connectivity index (χ1v) is 10.1. The topological polar surface area (TPSA) is 82.0 Å². The Morgan fingerprint density at radius 1 is 1.43 bits per heavy atom. The minimum atomic E-state index is -3.35. The molecule has 1 saturated heterocycles. The number of likely N-dealkylation sites (tertiary alicyclic amines) is 1. The highest BCUT2D eigenvalue weighted by Gasteiger charge is 2.23. The molecule has 0 bridgehead atoms. The van der Waals surface area contributed by atoms with Crippen molar-refractivity contribution in [3.8, 4) is 0 Å². The highest BCUT2D eigenvalue weighted by molar-refractivity contribution is 9.10. The molecule has 0 saturated carbocycles. The van der Waals surface area contributed by atoms with Gasteiger partial charge in [0.25, 0.3) is 0 Å². The van der Waals surface area contributed by atoms with Crippen LogP contribution in [0.3, 0.4) is 0 Å². The number of halogens is 1. The average Bonchev–Trinajstić information content (AvgIpc) is 2.93. The molecule has 0 spiro atoms. The lowest BCUT2D eigenvalue weighted by Crippen LogP contribution is -2.40. The zero-order valence-electron chi connectivity index (χ0n) is 13.1. The molecule has 1 aliphatic heterocycles. The summed E-state index contributed by atoms with van der Waals surface area (Å²) in [5.41, 5.74) is 0. The first kappa shape index (κ1) is 18.2. The zero-order valence-corrected chi connectivity index (χ0v) is 15.5. The number of hydrogen-bond acceptors (Lipinski definition) is 4. The summed E-state index contributed by atoms with van der Waals surface area (Å²) in [6, 6.07) is 6.61. The number of benzene rings is 1. The Kier molecular flexibility index (Phi) is 6.43. The van der Waals surface area contributed by atoms with Gasteiger partial charge in [0.05, 0.1) is 23.3 Å². The van der Waals surface area contributed by atoms with Gasteiger partial charge >= 0.3 is 0 Å². The zero-order chi connectivity index (χ0) is 16.9. The second kappa shape index (κ2) is 8.12. The van der Waals surface area contributed by atoms with Crippen LogP contribution in [0.25, 0.3) is 0 Å². The Morgan fingerprint density at radius 3 is 2.70 bits per heavy atom. The molecule has 1 aromatic carbocycles. The highest BCUT2D eigenvalue weighted by Crippen LogP contribution is 2.16. The van der Waals surface area contributed by atoms with Crippen LogP contribution in [0.1, 0.15) is 13.3 Å². The molecule has 1 heterocycles. The minimum absolute atomic E-state index is 0.0417. The Labute approximate surface area is 145 Å². The maximum atomic E-state index is 12.3. The summed E-state index contributed by atoms with van der Waals surface area (Å²) in [5.74, 6) is 0.620. The van der Waals surface area contributed by atoms with Gasteiger partial charge in [-0.3, -0.25) is 4.99 Å². The third-order valence-corrected chi connectivity index (χ3v) is 5.83. The molecule has 0 unspecified atom stereocenters. The van der Waals surface area contributed by atoms with Crippen LogP contribution in [0.2, 0.25) is 0 Å². The Balaban J connectivity index is 2.01. The van der Waals surface area contributed by atoms with Crippen molar-refractivity contribution in [1.82, 2.24) is 10.2 Å². The van der Waals surface area contributed by atoms with Crippen LogP contribution in [-0.4, -0.2) is 62.4 Å². The van der Waals surface area contributed by atoms with Crippen LogP contribution in [0.5, 0.6) is 0 Å². The fourth-order valence-electron chi connectivity index (χ4n) is 2.39. The first-order chi connectivity index (χ1) is 10.9. The Bertz CT molecular complexity index is 646. The standard InChI is InChI=1S/C15H22BrN3O3S/c1-2-17-15(19-9-7-13(20)11-19)18-8-10-23(21,22)14-5-3-12(16)4-6-14/h3-6,13,20H,2,7-11H2,1H3,(H,17,18)/t13-/m1/s1. The van der Waals surface area contributed by atoms with E-state index in [-0.39, 0.29) is 18.4 Å². The number of aliphatic imine (C=N–C) groups is 1. The average molecular weight is 404 g/mol. The quantitative estimate of drug-likeness (QED) is 0.571. The molecule has 0 amide bonds. The lowest BCUT2D eigenvalue weighted by Gasteiger charge is -2.20. The van der Waals surface area contributed by atoms with E-state index in [2.05, 4.69) is 26.2 Å². The van der Waals surface area contributed by atoms with E-state index in [9.17, 15) is 13.5 Å². The summed E-state index contributed by atoms with van der Waals surface area (Å²) >= 11 is 3.29.